The van der Waals surface area contributed by atoms with E-state index in [1.807, 2.05) is 6.07 Å². The molecule has 0 bridgehead atoms. The van der Waals surface area contributed by atoms with Gasteiger partial charge in [0.05, 0.1) is 18.2 Å². The van der Waals surface area contributed by atoms with Crippen LogP contribution in [0.25, 0.3) is 11.0 Å². The minimum Gasteiger partial charge on any atom is -0.493 e. The maximum Gasteiger partial charge on any atom is 0.296 e. The van der Waals surface area contributed by atoms with E-state index in [1.54, 1.807) is 37.5 Å². The van der Waals surface area contributed by atoms with Gasteiger partial charge >= 0.3 is 0 Å². The predicted octanol–water partition coefficient (Wildman–Crippen LogP) is 2.83. The third-order valence-corrected chi connectivity index (χ3v) is 5.75. The number of rotatable bonds is 7. The van der Waals surface area contributed by atoms with Gasteiger partial charge < -0.3 is 9.47 Å². The van der Waals surface area contributed by atoms with E-state index in [2.05, 4.69) is 23.9 Å². The van der Waals surface area contributed by atoms with Gasteiger partial charge in [-0.25, -0.2) is 4.39 Å². The maximum atomic E-state index is 13.1. The zero-order valence-electron chi connectivity index (χ0n) is 18.4. The summed E-state index contributed by atoms with van der Waals surface area (Å²) in [6, 6.07) is 11.2. The number of halogens is 1. The average molecular weight is 468 g/mol. The Labute approximate surface area is 192 Å². The topological polar surface area (TPSA) is 82.8 Å². The quantitative estimate of drug-likeness (QED) is 0.416. The van der Waals surface area contributed by atoms with Gasteiger partial charge in [0.25, 0.3) is 11.1 Å². The second-order valence-electron chi connectivity index (χ2n) is 7.89. The highest BCUT2D eigenvalue weighted by molar-refractivity contribution is 7.15. The molecule has 0 atom stereocenters. The molecule has 0 N–H and O–H groups in total. The van der Waals surface area contributed by atoms with Crippen molar-refractivity contribution in [3.8, 4) is 11.5 Å². The summed E-state index contributed by atoms with van der Waals surface area (Å²) in [4.78, 5) is 29.6. The van der Waals surface area contributed by atoms with Gasteiger partial charge in [-0.05, 0) is 47.4 Å². The second kappa shape index (κ2) is 9.50. The Morgan fingerprint density at radius 3 is 2.58 bits per heavy atom. The van der Waals surface area contributed by atoms with E-state index < -0.39 is 5.56 Å². The van der Waals surface area contributed by atoms with Gasteiger partial charge in [-0.3, -0.25) is 9.59 Å². The Balaban J connectivity index is 1.70. The molecule has 0 unspecified atom stereocenters. The summed E-state index contributed by atoms with van der Waals surface area (Å²) in [5, 5.41) is 4.22. The van der Waals surface area contributed by atoms with Gasteiger partial charge in [0.15, 0.2) is 11.5 Å². The highest BCUT2D eigenvalue weighted by Crippen LogP contribution is 2.28. The first-order valence-corrected chi connectivity index (χ1v) is 11.2. The van der Waals surface area contributed by atoms with Crippen molar-refractivity contribution in [1.82, 2.24) is 14.6 Å². The Morgan fingerprint density at radius 2 is 1.88 bits per heavy atom. The van der Waals surface area contributed by atoms with E-state index >= 15 is 0 Å². The van der Waals surface area contributed by atoms with Crippen molar-refractivity contribution >= 4 is 22.4 Å². The molecule has 0 aliphatic carbocycles. The van der Waals surface area contributed by atoms with Crippen LogP contribution in [0.1, 0.15) is 30.7 Å². The molecule has 33 heavy (non-hydrogen) atoms. The lowest BCUT2D eigenvalue weighted by Crippen LogP contribution is -2.28. The fraction of sp³-hybridized carbons (Fsp3) is 0.250. The lowest BCUT2D eigenvalue weighted by Gasteiger charge is -2.12. The van der Waals surface area contributed by atoms with Gasteiger partial charge in [0.2, 0.25) is 4.96 Å². The first-order chi connectivity index (χ1) is 15.8. The lowest BCUT2D eigenvalue weighted by molar-refractivity contribution is 0.257. The Kier molecular flexibility index (Phi) is 6.50. The number of hydrogen-bond acceptors (Lipinski definition) is 7. The van der Waals surface area contributed by atoms with Gasteiger partial charge in [-0.1, -0.05) is 43.4 Å². The van der Waals surface area contributed by atoms with Crippen LogP contribution < -0.4 is 25.1 Å². The molecule has 0 aliphatic rings. The number of benzene rings is 2. The van der Waals surface area contributed by atoms with Gasteiger partial charge in [-0.15, -0.1) is 0 Å². The van der Waals surface area contributed by atoms with Crippen molar-refractivity contribution in [2.45, 2.75) is 20.3 Å². The van der Waals surface area contributed by atoms with E-state index in [1.165, 1.54) is 12.1 Å². The number of ether oxygens (including phenoxy) is 2. The van der Waals surface area contributed by atoms with Crippen LogP contribution in [-0.2, 0) is 6.42 Å². The van der Waals surface area contributed by atoms with Crippen molar-refractivity contribution in [3.63, 3.8) is 0 Å². The highest BCUT2D eigenvalue weighted by Gasteiger charge is 2.12. The fourth-order valence-corrected chi connectivity index (χ4v) is 4.05. The third-order valence-electron chi connectivity index (χ3n) is 4.79. The first kappa shape index (κ1) is 22.6. The molecule has 4 aromatic rings. The molecule has 0 spiro atoms. The highest BCUT2D eigenvalue weighted by atomic mass is 32.1. The van der Waals surface area contributed by atoms with Crippen LogP contribution in [0, 0.1) is 11.7 Å². The molecule has 2 aromatic carbocycles. The third kappa shape index (κ3) is 5.09. The molecule has 0 aliphatic heterocycles. The minimum absolute atomic E-state index is 0.119. The molecule has 0 saturated carbocycles. The molecule has 4 rings (SSSR count). The first-order valence-electron chi connectivity index (χ1n) is 10.3. The van der Waals surface area contributed by atoms with Crippen LogP contribution in [0.5, 0.6) is 11.5 Å². The predicted molar refractivity (Wildman–Crippen MR) is 125 cm³/mol. The number of hydrogen-bond donors (Lipinski definition) is 0. The Hall–Kier alpha value is -3.59. The van der Waals surface area contributed by atoms with Crippen LogP contribution in [0.4, 0.5) is 4.39 Å². The van der Waals surface area contributed by atoms with Crippen molar-refractivity contribution in [2.24, 2.45) is 5.92 Å². The van der Waals surface area contributed by atoms with Crippen molar-refractivity contribution < 1.29 is 13.9 Å². The molecule has 0 fully saturated rings. The summed E-state index contributed by atoms with van der Waals surface area (Å²) in [7, 11) is 1.56. The largest absolute Gasteiger partial charge is 0.493 e. The normalized spacial score (nSPS) is 12.0. The Morgan fingerprint density at radius 1 is 1.12 bits per heavy atom. The summed E-state index contributed by atoms with van der Waals surface area (Å²) in [6.07, 6.45) is 1.85. The molecule has 2 heterocycles. The standard InChI is InChI=1S/C24H22FN3O4S/c1-14(2)13-32-19-9-6-16(11-20(19)31-3)12-21-23(30)28-24(33-21)26-22(29)18(27-28)10-15-4-7-17(25)8-5-15/h4-9,11-12,14H,10,13H2,1-3H3. The van der Waals surface area contributed by atoms with E-state index in [0.717, 1.165) is 21.4 Å². The number of methoxy groups -OCH3 is 1. The van der Waals surface area contributed by atoms with E-state index in [0.29, 0.717) is 34.1 Å². The van der Waals surface area contributed by atoms with E-state index in [4.69, 9.17) is 9.47 Å². The fourth-order valence-electron chi connectivity index (χ4n) is 3.15. The summed E-state index contributed by atoms with van der Waals surface area (Å²) in [5.74, 6) is 1.19. The zero-order chi connectivity index (χ0) is 23.5. The number of aromatic nitrogens is 3. The van der Waals surface area contributed by atoms with Crippen LogP contribution in [0.2, 0.25) is 0 Å². The SMILES string of the molecule is COc1cc(C=c2sc3nc(=O)c(Cc4ccc(F)cc4)nn3c2=O)ccc1OCC(C)C. The lowest BCUT2D eigenvalue weighted by atomic mass is 10.1. The van der Waals surface area contributed by atoms with Gasteiger partial charge in [-0.2, -0.15) is 14.6 Å². The number of thiazole rings is 1. The Bertz CT molecular complexity index is 1460. The van der Waals surface area contributed by atoms with Crippen molar-refractivity contribution in [2.75, 3.05) is 13.7 Å². The molecule has 170 valence electrons. The minimum atomic E-state index is -0.513. The second-order valence-corrected chi connectivity index (χ2v) is 8.90. The molecule has 0 radical (unpaired) electrons. The number of fused-ring (bicyclic) bond motifs is 1. The molecular formula is C24H22FN3O4S. The average Bonchev–Trinajstić information content (AvgIpc) is 3.08. The van der Waals surface area contributed by atoms with Crippen LogP contribution in [0.15, 0.2) is 52.1 Å². The van der Waals surface area contributed by atoms with Crippen molar-refractivity contribution in [3.05, 3.63) is 90.3 Å². The number of nitrogens with zero attached hydrogens (tertiary/aromatic N) is 3. The van der Waals surface area contributed by atoms with Crippen LogP contribution in [0.3, 0.4) is 0 Å². The smallest absolute Gasteiger partial charge is 0.296 e. The monoisotopic (exact) mass is 467 g/mol. The van der Waals surface area contributed by atoms with Crippen LogP contribution in [-0.4, -0.2) is 28.3 Å². The van der Waals surface area contributed by atoms with E-state index in [9.17, 15) is 14.0 Å². The summed E-state index contributed by atoms with van der Waals surface area (Å²) < 4.78 is 25.8. The molecule has 9 heteroatoms. The zero-order valence-corrected chi connectivity index (χ0v) is 19.2. The van der Waals surface area contributed by atoms with Crippen LogP contribution >= 0.6 is 11.3 Å². The van der Waals surface area contributed by atoms with Gasteiger partial charge in [0.1, 0.15) is 11.5 Å². The molecule has 0 amide bonds. The summed E-state index contributed by atoms with van der Waals surface area (Å²) in [5.41, 5.74) is 0.669. The van der Waals surface area contributed by atoms with Gasteiger partial charge in [0, 0.05) is 6.42 Å². The van der Waals surface area contributed by atoms with Crippen molar-refractivity contribution in [1.29, 1.82) is 0 Å². The molecular weight excluding hydrogens is 445 g/mol. The summed E-state index contributed by atoms with van der Waals surface area (Å²) in [6.45, 7) is 4.68. The molecule has 7 nitrogen and oxygen atoms in total. The molecule has 0 saturated heterocycles. The molecule has 2 aromatic heterocycles. The maximum absolute atomic E-state index is 13.1. The summed E-state index contributed by atoms with van der Waals surface area (Å²) >= 11 is 1.08. The van der Waals surface area contributed by atoms with E-state index in [-0.39, 0.29) is 28.5 Å².